The molecule has 0 spiro atoms. The fraction of sp³-hybridized carbons (Fsp3) is 0.333. The number of ether oxygens (including phenoxy) is 1. The van der Waals surface area contributed by atoms with Crippen molar-refractivity contribution in [1.82, 2.24) is 5.32 Å². The maximum Gasteiger partial charge on any atom is 0.263 e. The van der Waals surface area contributed by atoms with Crippen LogP contribution in [-0.4, -0.2) is 25.7 Å². The first-order chi connectivity index (χ1) is 10.6. The summed E-state index contributed by atoms with van der Waals surface area (Å²) in [6, 6.07) is 6.73. The lowest BCUT2D eigenvalue weighted by Crippen LogP contribution is -2.26. The zero-order chi connectivity index (χ0) is 16.4. The third-order valence-corrected chi connectivity index (χ3v) is 3.17. The molecule has 0 aliphatic carbocycles. The van der Waals surface area contributed by atoms with Crippen molar-refractivity contribution in [3.8, 4) is 6.07 Å². The normalized spacial score (nSPS) is 10.9. The smallest absolute Gasteiger partial charge is 0.263 e. The van der Waals surface area contributed by atoms with Gasteiger partial charge in [0.2, 0.25) is 0 Å². The SMILES string of the molecule is CCOCCCNC(=O)/C(C#N)=C\Nc1ccc(Cl)cc1Cl. The summed E-state index contributed by atoms with van der Waals surface area (Å²) in [5, 5.41) is 15.4. The van der Waals surface area contributed by atoms with Gasteiger partial charge in [-0.3, -0.25) is 4.79 Å². The molecule has 0 bridgehead atoms. The lowest BCUT2D eigenvalue weighted by atomic mass is 10.2. The van der Waals surface area contributed by atoms with E-state index in [4.69, 9.17) is 33.2 Å². The van der Waals surface area contributed by atoms with E-state index in [9.17, 15) is 4.79 Å². The summed E-state index contributed by atoms with van der Waals surface area (Å²) >= 11 is 11.8. The van der Waals surface area contributed by atoms with E-state index in [0.29, 0.717) is 41.9 Å². The molecular formula is C15H17Cl2N3O2. The Labute approximate surface area is 139 Å². The van der Waals surface area contributed by atoms with Gasteiger partial charge < -0.3 is 15.4 Å². The number of nitrogens with one attached hydrogen (secondary N) is 2. The summed E-state index contributed by atoms with van der Waals surface area (Å²) in [6.45, 7) is 3.56. The Hall–Kier alpha value is -1.74. The Morgan fingerprint density at radius 1 is 1.45 bits per heavy atom. The molecule has 0 atom stereocenters. The number of hydrogen-bond donors (Lipinski definition) is 2. The second-order valence-corrected chi connectivity index (χ2v) is 5.09. The van der Waals surface area contributed by atoms with Gasteiger partial charge in [0, 0.05) is 31.0 Å². The molecule has 0 saturated carbocycles. The molecular weight excluding hydrogens is 325 g/mol. The average Bonchev–Trinajstić information content (AvgIpc) is 2.49. The predicted octanol–water partition coefficient (Wildman–Crippen LogP) is 3.36. The van der Waals surface area contributed by atoms with Crippen LogP contribution in [0.2, 0.25) is 10.0 Å². The van der Waals surface area contributed by atoms with Crippen LogP contribution in [0.25, 0.3) is 0 Å². The summed E-state index contributed by atoms with van der Waals surface area (Å²) in [6.07, 6.45) is 2.00. The van der Waals surface area contributed by atoms with Crippen molar-refractivity contribution in [2.24, 2.45) is 0 Å². The molecule has 1 amide bonds. The monoisotopic (exact) mass is 341 g/mol. The van der Waals surface area contributed by atoms with E-state index in [1.165, 1.54) is 6.20 Å². The topological polar surface area (TPSA) is 74.1 Å². The lowest BCUT2D eigenvalue weighted by molar-refractivity contribution is -0.117. The Balaban J connectivity index is 2.55. The molecule has 7 heteroatoms. The fourth-order valence-electron chi connectivity index (χ4n) is 1.52. The minimum absolute atomic E-state index is 0.0394. The Kier molecular flexibility index (Phi) is 8.38. The average molecular weight is 342 g/mol. The summed E-state index contributed by atoms with van der Waals surface area (Å²) in [4.78, 5) is 11.8. The molecule has 2 N–H and O–H groups in total. The van der Waals surface area contributed by atoms with Crippen molar-refractivity contribution < 1.29 is 9.53 Å². The number of benzene rings is 1. The summed E-state index contributed by atoms with van der Waals surface area (Å²) in [5.74, 6) is -0.448. The van der Waals surface area contributed by atoms with Crippen LogP contribution in [0.4, 0.5) is 5.69 Å². The van der Waals surface area contributed by atoms with Gasteiger partial charge in [0.1, 0.15) is 11.6 Å². The van der Waals surface area contributed by atoms with Crippen molar-refractivity contribution >= 4 is 34.8 Å². The minimum atomic E-state index is -0.448. The van der Waals surface area contributed by atoms with Gasteiger partial charge in [-0.25, -0.2) is 0 Å². The zero-order valence-electron chi connectivity index (χ0n) is 12.2. The Morgan fingerprint density at radius 2 is 2.23 bits per heavy atom. The predicted molar refractivity (Wildman–Crippen MR) is 87.9 cm³/mol. The van der Waals surface area contributed by atoms with Crippen molar-refractivity contribution in [3.05, 3.63) is 40.0 Å². The van der Waals surface area contributed by atoms with Gasteiger partial charge in [0.05, 0.1) is 10.7 Å². The van der Waals surface area contributed by atoms with Crippen LogP contribution in [0.15, 0.2) is 30.0 Å². The molecule has 0 aliphatic rings. The van der Waals surface area contributed by atoms with Gasteiger partial charge in [0.15, 0.2) is 0 Å². The van der Waals surface area contributed by atoms with E-state index in [-0.39, 0.29) is 5.57 Å². The van der Waals surface area contributed by atoms with Gasteiger partial charge in [-0.05, 0) is 31.5 Å². The highest BCUT2D eigenvalue weighted by molar-refractivity contribution is 6.36. The Morgan fingerprint density at radius 3 is 2.86 bits per heavy atom. The van der Waals surface area contributed by atoms with Crippen molar-refractivity contribution in [2.75, 3.05) is 25.1 Å². The third kappa shape index (κ3) is 6.35. The molecule has 5 nitrogen and oxygen atoms in total. The van der Waals surface area contributed by atoms with Crippen molar-refractivity contribution in [1.29, 1.82) is 5.26 Å². The molecule has 118 valence electrons. The molecule has 0 saturated heterocycles. The quantitative estimate of drug-likeness (QED) is 0.432. The van der Waals surface area contributed by atoms with Crippen LogP contribution < -0.4 is 10.6 Å². The van der Waals surface area contributed by atoms with Crippen LogP contribution in [-0.2, 0) is 9.53 Å². The van der Waals surface area contributed by atoms with E-state index in [1.807, 2.05) is 13.0 Å². The molecule has 1 aromatic rings. The molecule has 0 fully saturated rings. The zero-order valence-corrected chi connectivity index (χ0v) is 13.7. The summed E-state index contributed by atoms with van der Waals surface area (Å²) in [7, 11) is 0. The highest BCUT2D eigenvalue weighted by Crippen LogP contribution is 2.25. The molecule has 22 heavy (non-hydrogen) atoms. The number of nitrogens with zero attached hydrogens (tertiary/aromatic N) is 1. The number of carbonyl (C=O) groups excluding carboxylic acids is 1. The number of rotatable bonds is 8. The van der Waals surface area contributed by atoms with Crippen molar-refractivity contribution in [2.45, 2.75) is 13.3 Å². The number of anilines is 1. The van der Waals surface area contributed by atoms with E-state index in [1.54, 1.807) is 18.2 Å². The number of carbonyl (C=O) groups is 1. The fourth-order valence-corrected chi connectivity index (χ4v) is 1.98. The van der Waals surface area contributed by atoms with E-state index in [0.717, 1.165) is 0 Å². The highest BCUT2D eigenvalue weighted by Gasteiger charge is 2.08. The molecule has 0 aromatic heterocycles. The third-order valence-electron chi connectivity index (χ3n) is 2.62. The maximum absolute atomic E-state index is 11.8. The Bertz CT molecular complexity index is 583. The van der Waals surface area contributed by atoms with E-state index >= 15 is 0 Å². The van der Waals surface area contributed by atoms with Crippen LogP contribution in [0.5, 0.6) is 0 Å². The van der Waals surface area contributed by atoms with E-state index in [2.05, 4.69) is 10.6 Å². The van der Waals surface area contributed by atoms with Gasteiger partial charge in [-0.15, -0.1) is 0 Å². The molecule has 1 rings (SSSR count). The van der Waals surface area contributed by atoms with Gasteiger partial charge in [0.25, 0.3) is 5.91 Å². The first-order valence-corrected chi connectivity index (χ1v) is 7.52. The standard InChI is InChI=1S/C15H17Cl2N3O2/c1-2-22-7-3-6-19-15(21)11(9-18)10-20-14-5-4-12(16)8-13(14)17/h4-5,8,10,20H,2-3,6-7H2,1H3,(H,19,21)/b11-10-. The molecule has 1 aromatic carbocycles. The van der Waals surface area contributed by atoms with Gasteiger partial charge in [-0.1, -0.05) is 23.2 Å². The van der Waals surface area contributed by atoms with Crippen LogP contribution in [0.1, 0.15) is 13.3 Å². The number of hydrogen-bond acceptors (Lipinski definition) is 4. The molecule has 0 aliphatic heterocycles. The lowest BCUT2D eigenvalue weighted by Gasteiger charge is -2.06. The largest absolute Gasteiger partial charge is 0.382 e. The first kappa shape index (κ1) is 18.3. The van der Waals surface area contributed by atoms with Crippen LogP contribution in [0, 0.1) is 11.3 Å². The van der Waals surface area contributed by atoms with Crippen LogP contribution in [0.3, 0.4) is 0 Å². The second kappa shape index (κ2) is 10.1. The summed E-state index contributed by atoms with van der Waals surface area (Å²) in [5.41, 5.74) is 0.519. The van der Waals surface area contributed by atoms with E-state index < -0.39 is 5.91 Å². The highest BCUT2D eigenvalue weighted by atomic mass is 35.5. The molecule has 0 radical (unpaired) electrons. The maximum atomic E-state index is 11.8. The van der Waals surface area contributed by atoms with Crippen LogP contribution >= 0.6 is 23.2 Å². The summed E-state index contributed by atoms with van der Waals surface area (Å²) < 4.78 is 5.16. The minimum Gasteiger partial charge on any atom is -0.382 e. The molecule has 0 unspecified atom stereocenters. The first-order valence-electron chi connectivity index (χ1n) is 6.76. The van der Waals surface area contributed by atoms with Crippen molar-refractivity contribution in [3.63, 3.8) is 0 Å². The van der Waals surface area contributed by atoms with Gasteiger partial charge in [-0.2, -0.15) is 5.26 Å². The second-order valence-electron chi connectivity index (χ2n) is 4.24. The number of amides is 1. The number of halogens is 2. The van der Waals surface area contributed by atoms with Gasteiger partial charge >= 0.3 is 0 Å². The molecule has 0 heterocycles. The number of nitriles is 1.